The SMILES string of the molecule is CCn1c(C(=O)O)cc2cc(O)cc(C)c21. The summed E-state index contributed by atoms with van der Waals surface area (Å²) in [5.74, 6) is -0.785. The fourth-order valence-corrected chi connectivity index (χ4v) is 2.12. The largest absolute Gasteiger partial charge is 0.508 e. The third kappa shape index (κ3) is 1.43. The summed E-state index contributed by atoms with van der Waals surface area (Å²) < 4.78 is 1.74. The molecule has 0 aliphatic heterocycles. The van der Waals surface area contributed by atoms with E-state index < -0.39 is 5.97 Å². The number of carbonyl (C=O) groups is 1. The number of benzene rings is 1. The van der Waals surface area contributed by atoms with E-state index in [4.69, 9.17) is 5.11 Å². The van der Waals surface area contributed by atoms with Gasteiger partial charge < -0.3 is 14.8 Å². The zero-order chi connectivity index (χ0) is 11.9. The van der Waals surface area contributed by atoms with Crippen LogP contribution in [0.1, 0.15) is 23.0 Å². The molecule has 4 nitrogen and oxygen atoms in total. The van der Waals surface area contributed by atoms with E-state index in [-0.39, 0.29) is 11.4 Å². The van der Waals surface area contributed by atoms with Crippen LogP contribution in [0.25, 0.3) is 10.9 Å². The Morgan fingerprint density at radius 3 is 2.62 bits per heavy atom. The monoisotopic (exact) mass is 219 g/mol. The number of hydrogen-bond donors (Lipinski definition) is 2. The minimum Gasteiger partial charge on any atom is -0.508 e. The maximum absolute atomic E-state index is 11.1. The Morgan fingerprint density at radius 1 is 1.38 bits per heavy atom. The van der Waals surface area contributed by atoms with Crippen LogP contribution in [0.4, 0.5) is 0 Å². The van der Waals surface area contributed by atoms with Gasteiger partial charge in [0.25, 0.3) is 0 Å². The highest BCUT2D eigenvalue weighted by Crippen LogP contribution is 2.27. The van der Waals surface area contributed by atoms with Gasteiger partial charge in [0, 0.05) is 11.9 Å². The van der Waals surface area contributed by atoms with Gasteiger partial charge in [-0.15, -0.1) is 0 Å². The topological polar surface area (TPSA) is 62.5 Å². The molecule has 2 aromatic rings. The molecule has 4 heteroatoms. The average Bonchev–Trinajstić information content (AvgIpc) is 2.56. The van der Waals surface area contributed by atoms with Crippen molar-refractivity contribution in [3.05, 3.63) is 29.5 Å². The Morgan fingerprint density at radius 2 is 2.06 bits per heavy atom. The summed E-state index contributed by atoms with van der Waals surface area (Å²) in [6, 6.07) is 4.81. The van der Waals surface area contributed by atoms with Crippen LogP contribution in [-0.2, 0) is 6.54 Å². The van der Waals surface area contributed by atoms with E-state index in [1.54, 1.807) is 22.8 Å². The molecule has 0 fully saturated rings. The first-order chi connectivity index (χ1) is 7.54. The van der Waals surface area contributed by atoms with Crippen molar-refractivity contribution in [1.29, 1.82) is 0 Å². The van der Waals surface area contributed by atoms with E-state index in [0.717, 1.165) is 16.5 Å². The van der Waals surface area contributed by atoms with Crippen LogP contribution in [0.3, 0.4) is 0 Å². The molecule has 0 saturated carbocycles. The van der Waals surface area contributed by atoms with Gasteiger partial charge in [-0.3, -0.25) is 0 Å². The van der Waals surface area contributed by atoms with E-state index in [2.05, 4.69) is 0 Å². The zero-order valence-corrected chi connectivity index (χ0v) is 9.19. The van der Waals surface area contributed by atoms with Crippen LogP contribution in [0, 0.1) is 6.92 Å². The van der Waals surface area contributed by atoms with Gasteiger partial charge in [-0.25, -0.2) is 4.79 Å². The van der Waals surface area contributed by atoms with Gasteiger partial charge in [-0.1, -0.05) is 0 Å². The number of aryl methyl sites for hydroxylation is 2. The first kappa shape index (κ1) is 10.5. The van der Waals surface area contributed by atoms with Gasteiger partial charge in [-0.2, -0.15) is 0 Å². The summed E-state index contributed by atoms with van der Waals surface area (Å²) in [6.07, 6.45) is 0. The van der Waals surface area contributed by atoms with Crippen LogP contribution in [-0.4, -0.2) is 20.7 Å². The van der Waals surface area contributed by atoms with E-state index in [9.17, 15) is 9.90 Å². The molecule has 2 rings (SSSR count). The molecule has 0 spiro atoms. The Hall–Kier alpha value is -1.97. The molecule has 16 heavy (non-hydrogen) atoms. The van der Waals surface area contributed by atoms with Gasteiger partial charge in [-0.05, 0) is 37.6 Å². The fourth-order valence-electron chi connectivity index (χ4n) is 2.12. The van der Waals surface area contributed by atoms with Crippen LogP contribution >= 0.6 is 0 Å². The van der Waals surface area contributed by atoms with E-state index in [0.29, 0.717) is 6.54 Å². The lowest BCUT2D eigenvalue weighted by atomic mass is 10.1. The number of aromatic carboxylic acids is 1. The van der Waals surface area contributed by atoms with Gasteiger partial charge in [0.05, 0.1) is 5.52 Å². The lowest BCUT2D eigenvalue weighted by Crippen LogP contribution is -2.07. The molecular weight excluding hydrogens is 206 g/mol. The minimum atomic E-state index is -0.947. The predicted molar refractivity (Wildman–Crippen MR) is 61.0 cm³/mol. The van der Waals surface area contributed by atoms with Crippen molar-refractivity contribution < 1.29 is 15.0 Å². The first-order valence-corrected chi connectivity index (χ1v) is 5.10. The summed E-state index contributed by atoms with van der Waals surface area (Å²) in [6.45, 7) is 4.36. The van der Waals surface area contributed by atoms with Crippen molar-refractivity contribution in [1.82, 2.24) is 4.57 Å². The molecule has 84 valence electrons. The number of aromatic hydroxyl groups is 1. The van der Waals surface area contributed by atoms with E-state index in [1.807, 2.05) is 13.8 Å². The Labute approximate surface area is 92.7 Å². The number of aromatic nitrogens is 1. The molecule has 0 aliphatic rings. The molecule has 0 aliphatic carbocycles. The maximum Gasteiger partial charge on any atom is 0.352 e. The normalized spacial score (nSPS) is 10.9. The molecule has 0 bridgehead atoms. The summed E-state index contributed by atoms with van der Waals surface area (Å²) in [7, 11) is 0. The van der Waals surface area contributed by atoms with Crippen LogP contribution < -0.4 is 0 Å². The third-order valence-electron chi connectivity index (χ3n) is 2.70. The first-order valence-electron chi connectivity index (χ1n) is 5.10. The Bertz CT molecular complexity index is 569. The molecule has 0 atom stereocenters. The predicted octanol–water partition coefficient (Wildman–Crippen LogP) is 2.37. The second kappa shape index (κ2) is 3.56. The van der Waals surface area contributed by atoms with Crippen molar-refractivity contribution in [3.63, 3.8) is 0 Å². The summed E-state index contributed by atoms with van der Waals surface area (Å²) in [5.41, 5.74) is 2.01. The highest BCUT2D eigenvalue weighted by molar-refractivity contribution is 5.96. The quantitative estimate of drug-likeness (QED) is 0.815. The van der Waals surface area contributed by atoms with E-state index >= 15 is 0 Å². The fraction of sp³-hybridized carbons (Fsp3) is 0.250. The van der Waals surface area contributed by atoms with E-state index in [1.165, 1.54) is 0 Å². The third-order valence-corrected chi connectivity index (χ3v) is 2.70. The maximum atomic E-state index is 11.1. The molecule has 0 amide bonds. The second-order valence-electron chi connectivity index (χ2n) is 3.78. The summed E-state index contributed by atoms with van der Waals surface area (Å²) in [5, 5.41) is 19.3. The lowest BCUT2D eigenvalue weighted by Gasteiger charge is -2.06. The molecule has 1 aromatic carbocycles. The van der Waals surface area contributed by atoms with Gasteiger partial charge >= 0.3 is 5.97 Å². The van der Waals surface area contributed by atoms with Crippen LogP contribution in [0.5, 0.6) is 5.75 Å². The average molecular weight is 219 g/mol. The molecule has 1 heterocycles. The van der Waals surface area contributed by atoms with Gasteiger partial charge in [0.2, 0.25) is 0 Å². The number of phenolic OH excluding ortho intramolecular Hbond substituents is 1. The van der Waals surface area contributed by atoms with Gasteiger partial charge in [0.1, 0.15) is 11.4 Å². The van der Waals surface area contributed by atoms with Crippen molar-refractivity contribution in [3.8, 4) is 5.75 Å². The van der Waals surface area contributed by atoms with Crippen molar-refractivity contribution in [2.75, 3.05) is 0 Å². The minimum absolute atomic E-state index is 0.162. The highest BCUT2D eigenvalue weighted by Gasteiger charge is 2.15. The number of fused-ring (bicyclic) bond motifs is 1. The molecule has 0 radical (unpaired) electrons. The van der Waals surface area contributed by atoms with Crippen molar-refractivity contribution in [2.45, 2.75) is 20.4 Å². The standard InChI is InChI=1S/C12H13NO3/c1-3-13-10(12(15)16)6-8-5-9(14)4-7(2)11(8)13/h4-6,14H,3H2,1-2H3,(H,15,16). The zero-order valence-electron chi connectivity index (χ0n) is 9.19. The van der Waals surface area contributed by atoms with Crippen molar-refractivity contribution >= 4 is 16.9 Å². The summed E-state index contributed by atoms with van der Waals surface area (Å²) in [4.78, 5) is 11.1. The second-order valence-corrected chi connectivity index (χ2v) is 3.78. The number of carboxylic acid groups (broad SMARTS) is 1. The number of rotatable bonds is 2. The Kier molecular flexibility index (Phi) is 2.34. The highest BCUT2D eigenvalue weighted by atomic mass is 16.4. The number of nitrogens with zero attached hydrogens (tertiary/aromatic N) is 1. The lowest BCUT2D eigenvalue weighted by molar-refractivity contribution is 0.0686. The molecule has 2 N–H and O–H groups in total. The number of phenols is 1. The molecule has 1 aromatic heterocycles. The van der Waals surface area contributed by atoms with Crippen LogP contribution in [0.15, 0.2) is 18.2 Å². The van der Waals surface area contributed by atoms with Crippen LogP contribution in [0.2, 0.25) is 0 Å². The molecule has 0 saturated heterocycles. The van der Waals surface area contributed by atoms with Gasteiger partial charge in [0.15, 0.2) is 0 Å². The number of hydrogen-bond acceptors (Lipinski definition) is 2. The smallest absolute Gasteiger partial charge is 0.352 e. The molecule has 0 unspecified atom stereocenters. The van der Waals surface area contributed by atoms with Crippen molar-refractivity contribution in [2.24, 2.45) is 0 Å². The Balaban J connectivity index is 2.87. The molecular formula is C12H13NO3. The number of carboxylic acids is 1. The summed E-state index contributed by atoms with van der Waals surface area (Å²) >= 11 is 0.